The first-order valence-corrected chi connectivity index (χ1v) is 12.5. The highest BCUT2D eigenvalue weighted by molar-refractivity contribution is 6.30. The molecule has 0 aliphatic heterocycles. The molecule has 0 radical (unpaired) electrons. The molecule has 0 bridgehead atoms. The third kappa shape index (κ3) is 3.72. The predicted molar refractivity (Wildman–Crippen MR) is 154 cm³/mol. The number of aromatic nitrogens is 1. The number of hydrogen-bond donors (Lipinski definition) is 0. The maximum absolute atomic E-state index is 13.1. The molecule has 37 heavy (non-hydrogen) atoms. The average molecular weight is 498 g/mol. The average Bonchev–Trinajstić information content (AvgIpc) is 2.92. The van der Waals surface area contributed by atoms with Crippen LogP contribution in [0.15, 0.2) is 126 Å². The Morgan fingerprint density at radius 1 is 0.622 bits per heavy atom. The Labute approximate surface area is 217 Å². The zero-order chi connectivity index (χ0) is 24.9. The highest BCUT2D eigenvalue weighted by Crippen LogP contribution is 2.35. The summed E-state index contributed by atoms with van der Waals surface area (Å²) in [4.78, 5) is 13.1. The molecule has 1 heterocycles. The molecule has 0 amide bonds. The monoisotopic (exact) mass is 497 g/mol. The normalized spacial score (nSPS) is 11.5. The smallest absolute Gasteiger partial charge is 0.190 e. The van der Waals surface area contributed by atoms with Crippen LogP contribution in [0, 0.1) is 0 Å². The van der Waals surface area contributed by atoms with Gasteiger partial charge in [-0.15, -0.1) is 0 Å². The third-order valence-corrected chi connectivity index (χ3v) is 7.12. The molecule has 7 aromatic rings. The highest BCUT2D eigenvalue weighted by atomic mass is 35.5. The molecule has 3 nitrogen and oxygen atoms in total. The molecule has 0 atom stereocenters. The molecule has 0 fully saturated rings. The van der Waals surface area contributed by atoms with Gasteiger partial charge in [0.2, 0.25) is 0 Å². The van der Waals surface area contributed by atoms with Crippen LogP contribution >= 0.6 is 11.6 Å². The number of benzene rings is 6. The third-order valence-electron chi connectivity index (χ3n) is 6.87. The molecule has 1 aromatic heterocycles. The van der Waals surface area contributed by atoms with Gasteiger partial charge >= 0.3 is 0 Å². The molecule has 6 aromatic carbocycles. The minimum absolute atomic E-state index is 0.00417. The number of pyridine rings is 1. The molecule has 0 saturated carbocycles. The van der Waals surface area contributed by atoms with Gasteiger partial charge in [0.1, 0.15) is 11.5 Å². The number of nitrogens with zero attached hydrogens (tertiary/aromatic N) is 1. The van der Waals surface area contributed by atoms with Gasteiger partial charge in [-0.2, -0.15) is 0 Å². The van der Waals surface area contributed by atoms with E-state index in [2.05, 4.69) is 36.4 Å². The molecule has 0 saturated heterocycles. The molecule has 176 valence electrons. The fourth-order valence-corrected chi connectivity index (χ4v) is 5.23. The summed E-state index contributed by atoms with van der Waals surface area (Å²) in [7, 11) is 0. The van der Waals surface area contributed by atoms with Crippen LogP contribution in [0.4, 0.5) is 0 Å². The van der Waals surface area contributed by atoms with E-state index < -0.39 is 0 Å². The fraction of sp³-hybridized carbons (Fsp3) is 0. The molecule has 0 aliphatic carbocycles. The van der Waals surface area contributed by atoms with Crippen molar-refractivity contribution in [3.8, 4) is 17.2 Å². The van der Waals surface area contributed by atoms with E-state index in [4.69, 9.17) is 16.3 Å². The van der Waals surface area contributed by atoms with Gasteiger partial charge < -0.3 is 9.30 Å². The van der Waals surface area contributed by atoms with Crippen molar-refractivity contribution in [1.29, 1.82) is 0 Å². The van der Waals surface area contributed by atoms with Gasteiger partial charge in [0.15, 0.2) is 5.43 Å². The number of fused-ring (bicyclic) bond motifs is 5. The predicted octanol–water partition coefficient (Wildman–Crippen LogP) is 8.90. The van der Waals surface area contributed by atoms with Gasteiger partial charge in [0.25, 0.3) is 0 Å². The Bertz CT molecular complexity index is 2030. The SMILES string of the molecule is O=c1ccn(-c2ccc(Cl)cc2)c2ccc3cc4cc5c(Oc6ccccc6)cccc5cc4cc3c12. The van der Waals surface area contributed by atoms with Crippen LogP contribution < -0.4 is 10.2 Å². The minimum atomic E-state index is 0.00417. The topological polar surface area (TPSA) is 31.2 Å². The van der Waals surface area contributed by atoms with E-state index >= 15 is 0 Å². The Balaban J connectivity index is 1.45. The highest BCUT2D eigenvalue weighted by Gasteiger charge is 2.12. The second-order valence-corrected chi connectivity index (χ2v) is 9.59. The van der Waals surface area contributed by atoms with E-state index in [1.165, 1.54) is 0 Å². The lowest BCUT2D eigenvalue weighted by molar-refractivity contribution is 0.488. The maximum Gasteiger partial charge on any atom is 0.190 e. The van der Waals surface area contributed by atoms with Crippen LogP contribution in [0.2, 0.25) is 5.02 Å². The van der Waals surface area contributed by atoms with Crippen LogP contribution in [-0.2, 0) is 0 Å². The second kappa shape index (κ2) is 8.51. The summed E-state index contributed by atoms with van der Waals surface area (Å²) in [5.41, 5.74) is 1.82. The van der Waals surface area contributed by atoms with Crippen molar-refractivity contribution in [3.63, 3.8) is 0 Å². The first-order valence-electron chi connectivity index (χ1n) is 12.1. The van der Waals surface area contributed by atoms with Crippen LogP contribution in [0.1, 0.15) is 0 Å². The zero-order valence-corrected chi connectivity index (χ0v) is 20.4. The van der Waals surface area contributed by atoms with Gasteiger partial charge in [0.05, 0.1) is 10.9 Å². The standard InChI is InChI=1S/C33H20ClNO2/c34-25-10-12-26(13-11-25)35-16-15-31(36)33-29-20-24-17-21-5-4-8-32(37-27-6-2-1-3-7-27)28(21)19-23(24)18-22(29)9-14-30(33)35/h1-20H. The Morgan fingerprint density at radius 3 is 2.14 bits per heavy atom. The molecule has 0 N–H and O–H groups in total. The summed E-state index contributed by atoms with van der Waals surface area (Å²) >= 11 is 6.10. The van der Waals surface area contributed by atoms with E-state index in [1.54, 1.807) is 6.07 Å². The van der Waals surface area contributed by atoms with E-state index in [1.807, 2.05) is 83.6 Å². The molecule has 0 spiro atoms. The van der Waals surface area contributed by atoms with Crippen molar-refractivity contribution in [2.75, 3.05) is 0 Å². The van der Waals surface area contributed by atoms with Crippen LogP contribution in [0.25, 0.3) is 48.9 Å². The molecule has 0 aliphatic rings. The summed E-state index contributed by atoms with van der Waals surface area (Å²) in [6.45, 7) is 0. The Morgan fingerprint density at radius 2 is 1.35 bits per heavy atom. The van der Waals surface area contributed by atoms with Gasteiger partial charge in [0, 0.05) is 28.4 Å². The van der Waals surface area contributed by atoms with Crippen molar-refractivity contribution in [2.45, 2.75) is 0 Å². The minimum Gasteiger partial charge on any atom is -0.457 e. The Kier molecular flexibility index (Phi) is 4.98. The van der Waals surface area contributed by atoms with Gasteiger partial charge in [-0.3, -0.25) is 4.79 Å². The molecule has 0 unspecified atom stereocenters. The lowest BCUT2D eigenvalue weighted by atomic mass is 9.97. The van der Waals surface area contributed by atoms with Crippen LogP contribution in [-0.4, -0.2) is 4.57 Å². The first-order chi connectivity index (χ1) is 18.1. The van der Waals surface area contributed by atoms with Crippen LogP contribution in [0.3, 0.4) is 0 Å². The van der Waals surface area contributed by atoms with E-state index in [9.17, 15) is 4.79 Å². The largest absolute Gasteiger partial charge is 0.457 e. The maximum atomic E-state index is 13.1. The van der Waals surface area contributed by atoms with E-state index in [-0.39, 0.29) is 5.43 Å². The van der Waals surface area contributed by atoms with Gasteiger partial charge in [-0.1, -0.05) is 48.0 Å². The summed E-state index contributed by atoms with van der Waals surface area (Å²) < 4.78 is 8.24. The molecule has 4 heteroatoms. The van der Waals surface area contributed by atoms with E-state index in [0.717, 1.165) is 55.0 Å². The van der Waals surface area contributed by atoms with Crippen molar-refractivity contribution >= 4 is 54.8 Å². The number of ether oxygens (including phenoxy) is 1. The lowest BCUT2D eigenvalue weighted by Gasteiger charge is -2.14. The number of halogens is 1. The fourth-order valence-electron chi connectivity index (χ4n) is 5.11. The quantitative estimate of drug-likeness (QED) is 0.180. The van der Waals surface area contributed by atoms with Crippen molar-refractivity contribution in [1.82, 2.24) is 4.57 Å². The van der Waals surface area contributed by atoms with Gasteiger partial charge in [-0.05, 0) is 99.7 Å². The number of hydrogen-bond acceptors (Lipinski definition) is 2. The zero-order valence-electron chi connectivity index (χ0n) is 19.7. The van der Waals surface area contributed by atoms with Crippen molar-refractivity contribution in [3.05, 3.63) is 137 Å². The van der Waals surface area contributed by atoms with E-state index in [0.29, 0.717) is 10.4 Å². The Hall–Kier alpha value is -4.60. The van der Waals surface area contributed by atoms with Crippen molar-refractivity contribution in [2.24, 2.45) is 0 Å². The molecular weight excluding hydrogens is 478 g/mol. The molecular formula is C33H20ClNO2. The summed E-state index contributed by atoms with van der Waals surface area (Å²) in [5, 5.41) is 7.64. The van der Waals surface area contributed by atoms with Crippen molar-refractivity contribution < 1.29 is 4.74 Å². The lowest BCUT2D eigenvalue weighted by Crippen LogP contribution is -2.07. The number of rotatable bonds is 3. The summed E-state index contributed by atoms with van der Waals surface area (Å²) in [5.74, 6) is 1.62. The van der Waals surface area contributed by atoms with Gasteiger partial charge in [-0.25, -0.2) is 0 Å². The first kappa shape index (κ1) is 21.7. The summed E-state index contributed by atoms with van der Waals surface area (Å²) in [6, 6.07) is 37.9. The summed E-state index contributed by atoms with van der Waals surface area (Å²) in [6.07, 6.45) is 1.82. The second-order valence-electron chi connectivity index (χ2n) is 9.15. The van der Waals surface area contributed by atoms with Crippen LogP contribution in [0.5, 0.6) is 11.5 Å². The number of para-hydroxylation sites is 1. The molecule has 7 rings (SSSR count).